The Hall–Kier alpha value is -0.690. The standard InChI is InChI=1S/C6H11NO5/c7-1-2-3(8)6(11)12-4(2)5(9)10/h2-4,6,8,11H,1,7H2,(H,9,10)/t2-,3+,4-,6?/m0/s1. The SMILES string of the molecule is NC[C@@H]1[C@@H](C(=O)O)OC(O)[C@@H]1O. The fourth-order valence-corrected chi connectivity index (χ4v) is 1.23. The number of ether oxygens (including phenoxy) is 1. The Kier molecular flexibility index (Phi) is 2.63. The summed E-state index contributed by atoms with van der Waals surface area (Å²) in [6, 6.07) is 0. The fraction of sp³-hybridized carbons (Fsp3) is 0.833. The van der Waals surface area contributed by atoms with E-state index < -0.39 is 30.4 Å². The molecular weight excluding hydrogens is 166 g/mol. The van der Waals surface area contributed by atoms with Crippen molar-refractivity contribution in [3.8, 4) is 0 Å². The van der Waals surface area contributed by atoms with Gasteiger partial charge in [0.05, 0.1) is 0 Å². The lowest BCUT2D eigenvalue weighted by Crippen LogP contribution is -2.36. The molecule has 5 N–H and O–H groups in total. The number of aliphatic hydroxyl groups is 2. The third-order valence-electron chi connectivity index (χ3n) is 1.92. The van der Waals surface area contributed by atoms with Gasteiger partial charge in [-0.05, 0) is 0 Å². The van der Waals surface area contributed by atoms with Gasteiger partial charge in [0.25, 0.3) is 0 Å². The van der Waals surface area contributed by atoms with Crippen LogP contribution < -0.4 is 5.73 Å². The predicted molar refractivity (Wildman–Crippen MR) is 37.1 cm³/mol. The van der Waals surface area contributed by atoms with Crippen LogP contribution in [0.25, 0.3) is 0 Å². The van der Waals surface area contributed by atoms with E-state index in [1.165, 1.54) is 0 Å². The predicted octanol–water partition coefficient (Wildman–Crippen LogP) is -2.28. The van der Waals surface area contributed by atoms with Crippen LogP contribution in [0.1, 0.15) is 0 Å². The Labute approximate surface area is 68.6 Å². The number of nitrogens with two attached hydrogens (primary N) is 1. The van der Waals surface area contributed by atoms with Crippen molar-refractivity contribution in [2.24, 2.45) is 11.7 Å². The Morgan fingerprint density at radius 3 is 2.42 bits per heavy atom. The van der Waals surface area contributed by atoms with Gasteiger partial charge in [-0.1, -0.05) is 0 Å². The first kappa shape index (κ1) is 9.40. The molecule has 0 aliphatic carbocycles. The van der Waals surface area contributed by atoms with E-state index in [4.69, 9.17) is 21.1 Å². The Balaban J connectivity index is 2.71. The van der Waals surface area contributed by atoms with Crippen LogP contribution in [0.2, 0.25) is 0 Å². The molecule has 0 aromatic heterocycles. The Morgan fingerprint density at radius 1 is 1.50 bits per heavy atom. The highest BCUT2D eigenvalue weighted by atomic mass is 16.6. The molecule has 1 aliphatic rings. The van der Waals surface area contributed by atoms with Gasteiger partial charge in [-0.15, -0.1) is 0 Å². The molecule has 1 fully saturated rings. The smallest absolute Gasteiger partial charge is 0.333 e. The summed E-state index contributed by atoms with van der Waals surface area (Å²) in [6.07, 6.45) is -3.87. The zero-order valence-electron chi connectivity index (χ0n) is 6.25. The summed E-state index contributed by atoms with van der Waals surface area (Å²) in [6.45, 7) is -0.0325. The molecule has 1 rings (SSSR count). The minimum Gasteiger partial charge on any atom is -0.479 e. The van der Waals surface area contributed by atoms with Gasteiger partial charge in [-0.3, -0.25) is 0 Å². The van der Waals surface area contributed by atoms with E-state index in [0.29, 0.717) is 0 Å². The molecule has 70 valence electrons. The molecule has 0 radical (unpaired) electrons. The van der Waals surface area contributed by atoms with E-state index in [0.717, 1.165) is 0 Å². The van der Waals surface area contributed by atoms with Crippen molar-refractivity contribution in [2.75, 3.05) is 6.54 Å². The highest BCUT2D eigenvalue weighted by Gasteiger charge is 2.45. The fourth-order valence-electron chi connectivity index (χ4n) is 1.23. The Bertz CT molecular complexity index is 185. The molecule has 0 bridgehead atoms. The van der Waals surface area contributed by atoms with E-state index in [9.17, 15) is 4.79 Å². The number of carbonyl (C=O) groups is 1. The summed E-state index contributed by atoms with van der Waals surface area (Å²) >= 11 is 0. The first-order valence-corrected chi connectivity index (χ1v) is 3.52. The third-order valence-corrected chi connectivity index (χ3v) is 1.92. The van der Waals surface area contributed by atoms with E-state index in [1.807, 2.05) is 0 Å². The van der Waals surface area contributed by atoms with Gasteiger partial charge in [0, 0.05) is 12.5 Å². The molecule has 1 unspecified atom stereocenters. The maximum atomic E-state index is 10.5. The minimum atomic E-state index is -1.44. The van der Waals surface area contributed by atoms with Crippen LogP contribution in [0.4, 0.5) is 0 Å². The van der Waals surface area contributed by atoms with Gasteiger partial charge in [0.1, 0.15) is 6.10 Å². The Morgan fingerprint density at radius 2 is 2.08 bits per heavy atom. The summed E-state index contributed by atoms with van der Waals surface area (Å²) in [5.41, 5.74) is 5.20. The molecule has 6 heteroatoms. The minimum absolute atomic E-state index is 0.0325. The van der Waals surface area contributed by atoms with Crippen LogP contribution in [0.5, 0.6) is 0 Å². The summed E-state index contributed by atoms with van der Waals surface area (Å²) in [5.74, 6) is -1.96. The van der Waals surface area contributed by atoms with Crippen molar-refractivity contribution in [2.45, 2.75) is 18.5 Å². The molecule has 0 aromatic carbocycles. The highest BCUT2D eigenvalue weighted by Crippen LogP contribution is 2.24. The number of aliphatic carboxylic acids is 1. The first-order chi connectivity index (χ1) is 5.57. The van der Waals surface area contributed by atoms with E-state index in [-0.39, 0.29) is 6.54 Å². The molecular formula is C6H11NO5. The molecule has 1 saturated heterocycles. The maximum Gasteiger partial charge on any atom is 0.333 e. The van der Waals surface area contributed by atoms with Crippen LogP contribution in [0, 0.1) is 5.92 Å². The van der Waals surface area contributed by atoms with Gasteiger partial charge in [-0.25, -0.2) is 4.79 Å². The average Bonchev–Trinajstić information content (AvgIpc) is 2.29. The number of hydrogen-bond acceptors (Lipinski definition) is 5. The first-order valence-electron chi connectivity index (χ1n) is 3.52. The zero-order chi connectivity index (χ0) is 9.30. The van der Waals surface area contributed by atoms with Crippen LogP contribution in [0.15, 0.2) is 0 Å². The van der Waals surface area contributed by atoms with Crippen molar-refractivity contribution in [3.05, 3.63) is 0 Å². The number of carboxylic acid groups (broad SMARTS) is 1. The van der Waals surface area contributed by atoms with Crippen molar-refractivity contribution in [3.63, 3.8) is 0 Å². The molecule has 12 heavy (non-hydrogen) atoms. The van der Waals surface area contributed by atoms with Gasteiger partial charge in [0.15, 0.2) is 12.4 Å². The van der Waals surface area contributed by atoms with Crippen molar-refractivity contribution < 1.29 is 24.9 Å². The lowest BCUT2D eigenvalue weighted by Gasteiger charge is -2.13. The summed E-state index contributed by atoms with van der Waals surface area (Å²) in [4.78, 5) is 10.5. The monoisotopic (exact) mass is 177 g/mol. The molecule has 1 heterocycles. The average molecular weight is 177 g/mol. The van der Waals surface area contributed by atoms with E-state index in [2.05, 4.69) is 4.74 Å². The second-order valence-electron chi connectivity index (χ2n) is 2.68. The maximum absolute atomic E-state index is 10.5. The second kappa shape index (κ2) is 3.36. The molecule has 0 spiro atoms. The highest BCUT2D eigenvalue weighted by molar-refractivity contribution is 5.73. The summed E-state index contributed by atoms with van der Waals surface area (Å²) in [5, 5.41) is 26.6. The van der Waals surface area contributed by atoms with Crippen LogP contribution in [0.3, 0.4) is 0 Å². The van der Waals surface area contributed by atoms with Crippen molar-refractivity contribution in [1.82, 2.24) is 0 Å². The van der Waals surface area contributed by atoms with Crippen molar-refractivity contribution >= 4 is 5.97 Å². The number of carboxylic acids is 1. The number of rotatable bonds is 2. The summed E-state index contributed by atoms with van der Waals surface area (Å²) < 4.78 is 4.56. The van der Waals surface area contributed by atoms with Gasteiger partial charge < -0.3 is 25.8 Å². The van der Waals surface area contributed by atoms with E-state index in [1.54, 1.807) is 0 Å². The molecule has 6 nitrogen and oxygen atoms in total. The normalized spacial score (nSPS) is 41.6. The van der Waals surface area contributed by atoms with Crippen LogP contribution in [-0.2, 0) is 9.53 Å². The van der Waals surface area contributed by atoms with Crippen LogP contribution in [-0.4, -0.2) is 46.3 Å². The second-order valence-corrected chi connectivity index (χ2v) is 2.68. The molecule has 1 aliphatic heterocycles. The number of hydrogen-bond donors (Lipinski definition) is 4. The topological polar surface area (TPSA) is 113 Å². The molecule has 0 amide bonds. The lowest BCUT2D eigenvalue weighted by atomic mass is 9.99. The zero-order valence-corrected chi connectivity index (χ0v) is 6.25. The van der Waals surface area contributed by atoms with Gasteiger partial charge in [0.2, 0.25) is 0 Å². The van der Waals surface area contributed by atoms with Crippen molar-refractivity contribution in [1.29, 1.82) is 0 Å². The van der Waals surface area contributed by atoms with Gasteiger partial charge in [-0.2, -0.15) is 0 Å². The molecule has 0 saturated carbocycles. The van der Waals surface area contributed by atoms with Crippen LogP contribution >= 0.6 is 0 Å². The number of aliphatic hydroxyl groups excluding tert-OH is 2. The lowest BCUT2D eigenvalue weighted by molar-refractivity contribution is -0.164. The van der Waals surface area contributed by atoms with E-state index >= 15 is 0 Å². The summed E-state index contributed by atoms with van der Waals surface area (Å²) in [7, 11) is 0. The molecule has 0 aromatic rings. The molecule has 4 atom stereocenters. The van der Waals surface area contributed by atoms with Gasteiger partial charge >= 0.3 is 5.97 Å². The third kappa shape index (κ3) is 1.42. The largest absolute Gasteiger partial charge is 0.479 e. The quantitative estimate of drug-likeness (QED) is 0.378.